The first kappa shape index (κ1) is 17.1. The van der Waals surface area contributed by atoms with Crippen molar-refractivity contribution >= 4 is 31.9 Å². The van der Waals surface area contributed by atoms with Crippen LogP contribution in [0.3, 0.4) is 0 Å². The van der Waals surface area contributed by atoms with E-state index in [1.165, 1.54) is 12.1 Å². The minimum Gasteiger partial charge on any atom is -0.342 e. The molecule has 0 heterocycles. The molecule has 7 heteroatoms. The van der Waals surface area contributed by atoms with Crippen LogP contribution in [0.1, 0.15) is 20.8 Å². The smallest absolute Gasteiger partial charge is 0.241 e. The Balaban J connectivity index is 2.85. The first-order valence-corrected chi connectivity index (χ1v) is 8.66. The molecule has 0 saturated carbocycles. The molecule has 1 atom stereocenters. The Bertz CT molecular complexity index is 553. The molecule has 1 aromatic carbocycles. The standard InChI is InChI=1S/C13H19BrN2O3S/c1-4-16(5-2)13(17)10(3)15-20(18,19)12-8-6-11(14)7-9-12/h6-10,15H,4-5H2,1-3H3/t10-/m1/s1. The molecule has 0 radical (unpaired) electrons. The quantitative estimate of drug-likeness (QED) is 0.841. The van der Waals surface area contributed by atoms with E-state index in [0.29, 0.717) is 13.1 Å². The number of nitrogens with one attached hydrogen (secondary N) is 1. The van der Waals surface area contributed by atoms with E-state index in [1.54, 1.807) is 24.0 Å². The van der Waals surface area contributed by atoms with Gasteiger partial charge in [-0.05, 0) is 45.0 Å². The van der Waals surface area contributed by atoms with Gasteiger partial charge in [0.15, 0.2) is 0 Å². The number of sulfonamides is 1. The number of carbonyl (C=O) groups is 1. The van der Waals surface area contributed by atoms with Crippen LogP contribution in [0.5, 0.6) is 0 Å². The Morgan fingerprint density at radius 1 is 1.25 bits per heavy atom. The molecule has 0 saturated heterocycles. The van der Waals surface area contributed by atoms with E-state index in [9.17, 15) is 13.2 Å². The van der Waals surface area contributed by atoms with Gasteiger partial charge in [-0.3, -0.25) is 4.79 Å². The molecule has 20 heavy (non-hydrogen) atoms. The SMILES string of the molecule is CCN(CC)C(=O)[C@@H](C)NS(=O)(=O)c1ccc(Br)cc1. The first-order valence-electron chi connectivity index (χ1n) is 6.38. The molecule has 0 fully saturated rings. The molecule has 5 nitrogen and oxygen atoms in total. The van der Waals surface area contributed by atoms with Crippen molar-refractivity contribution in [3.8, 4) is 0 Å². The van der Waals surface area contributed by atoms with E-state index < -0.39 is 16.1 Å². The average Bonchev–Trinajstić information content (AvgIpc) is 2.40. The van der Waals surface area contributed by atoms with Crippen molar-refractivity contribution in [2.45, 2.75) is 31.7 Å². The van der Waals surface area contributed by atoms with E-state index in [4.69, 9.17) is 0 Å². The molecule has 0 aliphatic carbocycles. The highest BCUT2D eigenvalue weighted by molar-refractivity contribution is 9.10. The topological polar surface area (TPSA) is 66.5 Å². The number of halogens is 1. The highest BCUT2D eigenvalue weighted by atomic mass is 79.9. The van der Waals surface area contributed by atoms with Crippen LogP contribution in [0.25, 0.3) is 0 Å². The minimum atomic E-state index is -3.69. The molecule has 0 aromatic heterocycles. The summed E-state index contributed by atoms with van der Waals surface area (Å²) >= 11 is 3.25. The third kappa shape index (κ3) is 4.29. The van der Waals surface area contributed by atoms with Crippen LogP contribution in [0.2, 0.25) is 0 Å². The molecule has 1 N–H and O–H groups in total. The van der Waals surface area contributed by atoms with Gasteiger partial charge < -0.3 is 4.90 Å². The van der Waals surface area contributed by atoms with Gasteiger partial charge >= 0.3 is 0 Å². The maximum Gasteiger partial charge on any atom is 0.241 e. The third-order valence-electron chi connectivity index (χ3n) is 2.90. The van der Waals surface area contributed by atoms with E-state index in [2.05, 4.69) is 20.7 Å². The molecular weight excluding hydrogens is 344 g/mol. The van der Waals surface area contributed by atoms with E-state index in [-0.39, 0.29) is 10.8 Å². The van der Waals surface area contributed by atoms with Gasteiger partial charge in [0.05, 0.1) is 10.9 Å². The molecule has 0 aliphatic rings. The Morgan fingerprint density at radius 3 is 2.20 bits per heavy atom. The zero-order valence-corrected chi connectivity index (χ0v) is 14.2. The van der Waals surface area contributed by atoms with Gasteiger partial charge in [-0.2, -0.15) is 4.72 Å². The van der Waals surface area contributed by atoms with Gasteiger partial charge in [0.25, 0.3) is 0 Å². The molecule has 1 amide bonds. The number of rotatable bonds is 6. The van der Waals surface area contributed by atoms with Crippen LogP contribution >= 0.6 is 15.9 Å². The zero-order valence-electron chi connectivity index (χ0n) is 11.8. The van der Waals surface area contributed by atoms with Gasteiger partial charge in [0.2, 0.25) is 15.9 Å². The van der Waals surface area contributed by atoms with Crippen molar-refractivity contribution in [2.24, 2.45) is 0 Å². The van der Waals surface area contributed by atoms with Crippen molar-refractivity contribution in [3.63, 3.8) is 0 Å². The van der Waals surface area contributed by atoms with Crippen molar-refractivity contribution in [1.82, 2.24) is 9.62 Å². The summed E-state index contributed by atoms with van der Waals surface area (Å²) in [5.41, 5.74) is 0. The average molecular weight is 363 g/mol. The summed E-state index contributed by atoms with van der Waals surface area (Å²) in [4.78, 5) is 13.8. The minimum absolute atomic E-state index is 0.139. The fourth-order valence-corrected chi connectivity index (χ4v) is 3.24. The largest absolute Gasteiger partial charge is 0.342 e. The van der Waals surface area contributed by atoms with Gasteiger partial charge in [0, 0.05) is 17.6 Å². The van der Waals surface area contributed by atoms with Gasteiger partial charge in [0.1, 0.15) is 0 Å². The second-order valence-electron chi connectivity index (χ2n) is 4.31. The fraction of sp³-hybridized carbons (Fsp3) is 0.462. The number of amides is 1. The molecule has 0 spiro atoms. The summed E-state index contributed by atoms with van der Waals surface area (Å²) < 4.78 is 27.5. The second kappa shape index (κ2) is 7.19. The van der Waals surface area contributed by atoms with Crippen LogP contribution in [-0.4, -0.2) is 38.4 Å². The summed E-state index contributed by atoms with van der Waals surface area (Å²) in [7, 11) is -3.69. The number of likely N-dealkylation sites (N-methyl/N-ethyl adjacent to an activating group) is 1. The fourth-order valence-electron chi connectivity index (χ4n) is 1.77. The molecule has 1 aromatic rings. The zero-order chi connectivity index (χ0) is 15.3. The summed E-state index contributed by atoms with van der Waals surface area (Å²) in [5.74, 6) is -0.226. The summed E-state index contributed by atoms with van der Waals surface area (Å²) in [6.45, 7) is 6.38. The number of benzene rings is 1. The van der Waals surface area contributed by atoms with Crippen molar-refractivity contribution in [3.05, 3.63) is 28.7 Å². The Hall–Kier alpha value is -0.920. The monoisotopic (exact) mass is 362 g/mol. The second-order valence-corrected chi connectivity index (χ2v) is 6.94. The van der Waals surface area contributed by atoms with E-state index in [1.807, 2.05) is 13.8 Å². The van der Waals surface area contributed by atoms with Crippen molar-refractivity contribution < 1.29 is 13.2 Å². The van der Waals surface area contributed by atoms with Gasteiger partial charge in [-0.15, -0.1) is 0 Å². The Labute approximate surface area is 128 Å². The highest BCUT2D eigenvalue weighted by Gasteiger charge is 2.24. The Morgan fingerprint density at radius 2 is 1.75 bits per heavy atom. The molecular formula is C13H19BrN2O3S. The number of carbonyl (C=O) groups excluding carboxylic acids is 1. The number of hydrogen-bond donors (Lipinski definition) is 1. The molecule has 0 aliphatic heterocycles. The van der Waals surface area contributed by atoms with Crippen molar-refractivity contribution in [1.29, 1.82) is 0 Å². The lowest BCUT2D eigenvalue weighted by atomic mass is 10.3. The maximum atomic E-state index is 12.2. The first-order chi connectivity index (χ1) is 9.31. The lowest BCUT2D eigenvalue weighted by Gasteiger charge is -2.23. The van der Waals surface area contributed by atoms with Crippen LogP contribution in [0, 0.1) is 0 Å². The molecule has 0 unspecified atom stereocenters. The normalized spacial score (nSPS) is 13.0. The summed E-state index contributed by atoms with van der Waals surface area (Å²) in [6, 6.07) is 5.47. The van der Waals surface area contributed by atoms with E-state index >= 15 is 0 Å². The Kier molecular flexibility index (Phi) is 6.16. The number of nitrogens with zero attached hydrogens (tertiary/aromatic N) is 1. The van der Waals surface area contributed by atoms with E-state index in [0.717, 1.165) is 4.47 Å². The lowest BCUT2D eigenvalue weighted by molar-refractivity contribution is -0.132. The van der Waals surface area contributed by atoms with Gasteiger partial charge in [-0.25, -0.2) is 8.42 Å². The lowest BCUT2D eigenvalue weighted by Crippen LogP contribution is -2.46. The molecule has 1 rings (SSSR count). The molecule has 0 bridgehead atoms. The third-order valence-corrected chi connectivity index (χ3v) is 4.99. The van der Waals surface area contributed by atoms with Gasteiger partial charge in [-0.1, -0.05) is 15.9 Å². The van der Waals surface area contributed by atoms with Crippen LogP contribution in [0.15, 0.2) is 33.6 Å². The summed E-state index contributed by atoms with van der Waals surface area (Å²) in [6.07, 6.45) is 0. The maximum absolute atomic E-state index is 12.2. The van der Waals surface area contributed by atoms with Crippen LogP contribution < -0.4 is 4.72 Å². The number of hydrogen-bond acceptors (Lipinski definition) is 3. The van der Waals surface area contributed by atoms with Crippen LogP contribution in [0.4, 0.5) is 0 Å². The predicted molar refractivity (Wildman–Crippen MR) is 81.9 cm³/mol. The predicted octanol–water partition coefficient (Wildman–Crippen LogP) is 1.98. The van der Waals surface area contributed by atoms with Crippen LogP contribution in [-0.2, 0) is 14.8 Å². The molecule has 112 valence electrons. The summed E-state index contributed by atoms with van der Waals surface area (Å²) in [5, 5.41) is 0. The highest BCUT2D eigenvalue weighted by Crippen LogP contribution is 2.15. The van der Waals surface area contributed by atoms with Crippen molar-refractivity contribution in [2.75, 3.05) is 13.1 Å².